The molecule has 5 nitrogen and oxygen atoms in total. The smallest absolute Gasteiger partial charge is 0.390 e. The van der Waals surface area contributed by atoms with Crippen LogP contribution in [0.15, 0.2) is 42.5 Å². The quantitative estimate of drug-likeness (QED) is 0.130. The van der Waals surface area contributed by atoms with Gasteiger partial charge in [-0.1, -0.05) is 31.0 Å². The van der Waals surface area contributed by atoms with Crippen LogP contribution >= 0.6 is 0 Å². The monoisotopic (exact) mass is 613 g/mol. The van der Waals surface area contributed by atoms with Crippen molar-refractivity contribution in [2.45, 2.75) is 89.3 Å². The van der Waals surface area contributed by atoms with E-state index in [1.165, 1.54) is 23.3 Å². The number of aryl methyl sites for hydroxylation is 1. The summed E-state index contributed by atoms with van der Waals surface area (Å²) < 4.78 is 75.0. The van der Waals surface area contributed by atoms with Crippen molar-refractivity contribution in [3.8, 4) is 5.75 Å². The lowest BCUT2D eigenvalue weighted by atomic mass is 9.89. The summed E-state index contributed by atoms with van der Waals surface area (Å²) in [4.78, 5) is 0. The topological polar surface area (TPSA) is 86.6 Å². The third kappa shape index (κ3) is 11.7. The predicted molar refractivity (Wildman–Crippen MR) is 159 cm³/mol. The van der Waals surface area contributed by atoms with E-state index >= 15 is 0 Å². The van der Waals surface area contributed by atoms with Gasteiger partial charge in [-0.15, -0.1) is 0 Å². The van der Waals surface area contributed by atoms with Crippen LogP contribution in [0.1, 0.15) is 87.3 Å². The maximum absolute atomic E-state index is 13.6. The molecule has 3 N–H and O–H groups in total. The van der Waals surface area contributed by atoms with Gasteiger partial charge in [0.2, 0.25) is 0 Å². The molecule has 0 amide bonds. The van der Waals surface area contributed by atoms with Gasteiger partial charge in [-0.25, -0.2) is 12.8 Å². The summed E-state index contributed by atoms with van der Waals surface area (Å²) in [6.07, 6.45) is 2.72. The molecular weight excluding hydrogens is 570 g/mol. The highest BCUT2D eigenvalue weighted by Crippen LogP contribution is 2.39. The summed E-state index contributed by atoms with van der Waals surface area (Å²) in [7, 11) is -3.80. The number of halogens is 4. The summed E-state index contributed by atoms with van der Waals surface area (Å²) in [6.45, 7) is 0.627. The first-order chi connectivity index (χ1) is 20.0. The predicted octanol–water partition coefficient (Wildman–Crippen LogP) is 7.22. The number of fused-ring (bicyclic) bond motifs is 1. The van der Waals surface area contributed by atoms with Crippen LogP contribution in [0.2, 0.25) is 0 Å². The van der Waals surface area contributed by atoms with E-state index in [0.717, 1.165) is 68.1 Å². The number of aliphatic hydroxyl groups excluding tert-OH is 1. The summed E-state index contributed by atoms with van der Waals surface area (Å²) >= 11 is 0. The SMILES string of the molecule is O=S(=O)(CCC(CCCO)NCCCCCCC1=C(c2ccc(F)cc2)CCCc2cc(O)ccc21)CCC(F)(F)F. The number of aliphatic hydroxyl groups is 1. The van der Waals surface area contributed by atoms with Crippen molar-refractivity contribution < 1.29 is 36.2 Å². The molecule has 3 rings (SSSR count). The van der Waals surface area contributed by atoms with Crippen LogP contribution in [0, 0.1) is 5.82 Å². The third-order valence-electron chi connectivity index (χ3n) is 7.81. The van der Waals surface area contributed by atoms with Gasteiger partial charge in [0.05, 0.1) is 17.9 Å². The van der Waals surface area contributed by atoms with Crippen molar-refractivity contribution in [2.75, 3.05) is 24.7 Å². The number of alkyl halides is 3. The molecule has 1 atom stereocenters. The maximum atomic E-state index is 13.6. The van der Waals surface area contributed by atoms with E-state index in [1.54, 1.807) is 6.07 Å². The molecule has 0 heterocycles. The standard InChI is InChI=1S/C32H43F4NO4S/c33-26-13-11-24(12-14-26)29-10-5-7-25-23-28(39)15-16-30(25)31(29)9-3-1-2-4-19-37-27(8-6-20-38)17-21-42(40,41)22-18-32(34,35)36/h11-16,23,27,37-39H,1-10,17-22H2. The molecule has 0 aliphatic heterocycles. The summed E-state index contributed by atoms with van der Waals surface area (Å²) in [5.41, 5.74) is 5.75. The Morgan fingerprint density at radius 3 is 2.36 bits per heavy atom. The van der Waals surface area contributed by atoms with Gasteiger partial charge < -0.3 is 15.5 Å². The molecule has 0 saturated carbocycles. The fraction of sp³-hybridized carbons (Fsp3) is 0.562. The number of phenols is 1. The average Bonchev–Trinajstić information content (AvgIpc) is 3.11. The normalized spacial score (nSPS) is 15.0. The van der Waals surface area contributed by atoms with Gasteiger partial charge in [0, 0.05) is 12.6 Å². The van der Waals surface area contributed by atoms with Gasteiger partial charge in [-0.3, -0.25) is 0 Å². The van der Waals surface area contributed by atoms with Gasteiger partial charge >= 0.3 is 6.18 Å². The minimum atomic E-state index is -4.50. The van der Waals surface area contributed by atoms with Gasteiger partial charge in [0.1, 0.15) is 11.6 Å². The Labute approximate surface area is 247 Å². The Balaban J connectivity index is 1.52. The second-order valence-electron chi connectivity index (χ2n) is 11.1. The maximum Gasteiger partial charge on any atom is 0.390 e. The van der Waals surface area contributed by atoms with Crippen LogP contribution in [-0.4, -0.2) is 55.5 Å². The van der Waals surface area contributed by atoms with Gasteiger partial charge in [0.25, 0.3) is 0 Å². The average molecular weight is 614 g/mol. The highest BCUT2D eigenvalue weighted by atomic mass is 32.2. The number of allylic oxidation sites excluding steroid dienone is 2. The third-order valence-corrected chi connectivity index (χ3v) is 9.50. The summed E-state index contributed by atoms with van der Waals surface area (Å²) in [5.74, 6) is -1.22. The molecule has 1 aliphatic rings. The summed E-state index contributed by atoms with van der Waals surface area (Å²) in [6, 6.07) is 12.0. The molecule has 0 aromatic heterocycles. The fourth-order valence-electron chi connectivity index (χ4n) is 5.57. The van der Waals surface area contributed by atoms with Crippen molar-refractivity contribution in [3.05, 3.63) is 65.0 Å². The number of hydrogen-bond acceptors (Lipinski definition) is 5. The lowest BCUT2D eigenvalue weighted by Crippen LogP contribution is -2.33. The number of nitrogens with one attached hydrogen (secondary N) is 1. The lowest BCUT2D eigenvalue weighted by Gasteiger charge is -2.19. The van der Waals surface area contributed by atoms with Crippen LogP contribution < -0.4 is 5.32 Å². The van der Waals surface area contributed by atoms with Crippen molar-refractivity contribution in [2.24, 2.45) is 0 Å². The number of phenolic OH excluding ortho intramolecular Hbond substituents is 1. The van der Waals surface area contributed by atoms with E-state index in [0.29, 0.717) is 19.4 Å². The minimum absolute atomic E-state index is 0.0302. The van der Waals surface area contributed by atoms with Crippen molar-refractivity contribution >= 4 is 21.0 Å². The van der Waals surface area contributed by atoms with Gasteiger partial charge in [-0.05, 0) is 116 Å². The molecule has 0 saturated heterocycles. The Morgan fingerprint density at radius 2 is 1.64 bits per heavy atom. The molecule has 2 aromatic carbocycles. The Hall–Kier alpha value is -2.43. The lowest BCUT2D eigenvalue weighted by molar-refractivity contribution is -0.129. The molecule has 2 aromatic rings. The van der Waals surface area contributed by atoms with Crippen LogP contribution in [-0.2, 0) is 16.3 Å². The second kappa shape index (κ2) is 16.4. The number of rotatable bonds is 17. The van der Waals surface area contributed by atoms with E-state index in [9.17, 15) is 36.2 Å². The molecular formula is C32H43F4NO4S. The molecule has 234 valence electrons. The zero-order valence-electron chi connectivity index (χ0n) is 24.1. The van der Waals surface area contributed by atoms with E-state index in [-0.39, 0.29) is 36.4 Å². The number of sulfone groups is 1. The van der Waals surface area contributed by atoms with Crippen molar-refractivity contribution in [1.82, 2.24) is 5.32 Å². The number of hydrogen-bond donors (Lipinski definition) is 3. The first-order valence-corrected chi connectivity index (χ1v) is 16.7. The van der Waals surface area contributed by atoms with E-state index in [1.807, 2.05) is 24.3 Å². The van der Waals surface area contributed by atoms with Gasteiger partial charge in [0.15, 0.2) is 9.84 Å². The highest BCUT2D eigenvalue weighted by molar-refractivity contribution is 7.91. The molecule has 10 heteroatoms. The van der Waals surface area contributed by atoms with Gasteiger partial charge in [-0.2, -0.15) is 13.2 Å². The van der Waals surface area contributed by atoms with E-state index in [2.05, 4.69) is 5.32 Å². The Kier molecular flexibility index (Phi) is 13.3. The number of benzene rings is 2. The van der Waals surface area contributed by atoms with E-state index in [4.69, 9.17) is 0 Å². The first kappa shape index (κ1) is 34.1. The first-order valence-electron chi connectivity index (χ1n) is 14.9. The molecule has 1 unspecified atom stereocenters. The van der Waals surface area contributed by atoms with Crippen LogP contribution in [0.5, 0.6) is 5.75 Å². The zero-order valence-corrected chi connectivity index (χ0v) is 24.9. The minimum Gasteiger partial charge on any atom is -0.508 e. The highest BCUT2D eigenvalue weighted by Gasteiger charge is 2.30. The Morgan fingerprint density at radius 1 is 0.905 bits per heavy atom. The molecule has 0 bridgehead atoms. The summed E-state index contributed by atoms with van der Waals surface area (Å²) in [5, 5.41) is 22.6. The fourth-order valence-corrected chi connectivity index (χ4v) is 6.96. The van der Waals surface area contributed by atoms with Crippen LogP contribution in [0.4, 0.5) is 17.6 Å². The number of aromatic hydroxyl groups is 1. The second-order valence-corrected chi connectivity index (χ2v) is 13.4. The molecule has 1 aliphatic carbocycles. The molecule has 42 heavy (non-hydrogen) atoms. The number of unbranched alkanes of at least 4 members (excludes halogenated alkanes) is 3. The molecule has 0 fully saturated rings. The zero-order chi connectivity index (χ0) is 30.6. The van der Waals surface area contributed by atoms with Crippen LogP contribution in [0.25, 0.3) is 11.1 Å². The molecule has 0 spiro atoms. The molecule has 0 radical (unpaired) electrons. The van der Waals surface area contributed by atoms with E-state index < -0.39 is 28.2 Å². The van der Waals surface area contributed by atoms with Crippen molar-refractivity contribution in [1.29, 1.82) is 0 Å². The van der Waals surface area contributed by atoms with Crippen LogP contribution in [0.3, 0.4) is 0 Å². The van der Waals surface area contributed by atoms with Crippen molar-refractivity contribution in [3.63, 3.8) is 0 Å². The Bertz CT molecular complexity index is 1260. The largest absolute Gasteiger partial charge is 0.508 e.